The molecule has 2 aliphatic rings. The predicted octanol–water partition coefficient (Wildman–Crippen LogP) is 4.65. The second-order valence-corrected chi connectivity index (χ2v) is 9.69. The number of ether oxygens (including phenoxy) is 2. The number of rotatable bonds is 7. The Balaban J connectivity index is 1.36. The van der Waals surface area contributed by atoms with Gasteiger partial charge in [0.15, 0.2) is 0 Å². The van der Waals surface area contributed by atoms with E-state index in [0.717, 1.165) is 16.8 Å². The molecule has 5 rings (SSSR count). The first-order valence-corrected chi connectivity index (χ1v) is 12.9. The summed E-state index contributed by atoms with van der Waals surface area (Å²) in [5.41, 5.74) is 4.49. The number of methoxy groups -OCH3 is 2. The third kappa shape index (κ3) is 5.36. The zero-order valence-corrected chi connectivity index (χ0v) is 22.1. The molecule has 0 aliphatic carbocycles. The lowest BCUT2D eigenvalue weighted by molar-refractivity contribution is -0.134. The van der Waals surface area contributed by atoms with Crippen molar-refractivity contribution in [2.75, 3.05) is 51.8 Å². The van der Waals surface area contributed by atoms with Crippen molar-refractivity contribution >= 4 is 17.3 Å². The van der Waals surface area contributed by atoms with E-state index < -0.39 is 0 Å². The van der Waals surface area contributed by atoms with E-state index in [9.17, 15) is 9.18 Å². The quantitative estimate of drug-likeness (QED) is 0.458. The summed E-state index contributed by atoms with van der Waals surface area (Å²) in [4.78, 5) is 17.9. The number of carbonyl (C=O) groups excluding carboxylic acids is 1. The van der Waals surface area contributed by atoms with E-state index >= 15 is 0 Å². The molecule has 0 saturated carbocycles. The van der Waals surface area contributed by atoms with Crippen LogP contribution in [0.15, 0.2) is 71.8 Å². The van der Waals surface area contributed by atoms with E-state index in [1.54, 1.807) is 31.4 Å². The molecule has 1 atom stereocenters. The molecule has 0 spiro atoms. The summed E-state index contributed by atoms with van der Waals surface area (Å²) in [5, 5.41) is 6.44. The molecule has 0 bridgehead atoms. The number of hydrogen-bond acceptors (Lipinski definition) is 6. The van der Waals surface area contributed by atoms with Crippen LogP contribution in [0.2, 0.25) is 0 Å². The van der Waals surface area contributed by atoms with Crippen LogP contribution in [-0.4, -0.2) is 68.5 Å². The van der Waals surface area contributed by atoms with E-state index in [1.807, 2.05) is 48.2 Å². The number of nitrogens with zero attached hydrogens (tertiary/aromatic N) is 4. The Kier molecular flexibility index (Phi) is 7.60. The molecule has 2 heterocycles. The van der Waals surface area contributed by atoms with Gasteiger partial charge in [-0.25, -0.2) is 9.40 Å². The van der Waals surface area contributed by atoms with Gasteiger partial charge in [-0.05, 0) is 42.8 Å². The summed E-state index contributed by atoms with van der Waals surface area (Å²) in [6.07, 6.45) is 0.569. The van der Waals surface area contributed by atoms with Gasteiger partial charge in [-0.2, -0.15) is 5.10 Å². The van der Waals surface area contributed by atoms with Crippen molar-refractivity contribution in [3.8, 4) is 11.5 Å². The molecule has 7 nitrogen and oxygen atoms in total. The minimum atomic E-state index is -0.316. The number of carbonyl (C=O) groups is 1. The number of piperazine rings is 1. The fourth-order valence-electron chi connectivity index (χ4n) is 5.12. The molecule has 38 heavy (non-hydrogen) atoms. The molecule has 8 heteroatoms. The Hall–Kier alpha value is -3.91. The monoisotopic (exact) mass is 516 g/mol. The van der Waals surface area contributed by atoms with Gasteiger partial charge in [-0.3, -0.25) is 9.69 Å². The van der Waals surface area contributed by atoms with Crippen LogP contribution in [-0.2, 0) is 4.79 Å². The number of halogens is 1. The van der Waals surface area contributed by atoms with Gasteiger partial charge in [0.05, 0.1) is 38.2 Å². The van der Waals surface area contributed by atoms with Gasteiger partial charge in [0.2, 0.25) is 0 Å². The van der Waals surface area contributed by atoms with E-state index in [-0.39, 0.29) is 24.3 Å². The predicted molar refractivity (Wildman–Crippen MR) is 147 cm³/mol. The minimum absolute atomic E-state index is 0.0821. The molecule has 0 radical (unpaired) electrons. The van der Waals surface area contributed by atoms with Gasteiger partial charge in [0.25, 0.3) is 5.91 Å². The van der Waals surface area contributed by atoms with Crippen LogP contribution in [0.1, 0.15) is 29.2 Å². The van der Waals surface area contributed by atoms with Crippen molar-refractivity contribution in [2.45, 2.75) is 19.4 Å². The highest BCUT2D eigenvalue weighted by Gasteiger charge is 2.36. The number of hydrogen-bond donors (Lipinski definition) is 0. The van der Waals surface area contributed by atoms with Crippen LogP contribution in [0, 0.1) is 12.7 Å². The Labute approximate surface area is 223 Å². The summed E-state index contributed by atoms with van der Waals surface area (Å²) in [5.74, 6) is 1.08. The van der Waals surface area contributed by atoms with Crippen molar-refractivity contribution in [3.63, 3.8) is 0 Å². The van der Waals surface area contributed by atoms with Crippen LogP contribution < -0.4 is 14.4 Å². The van der Waals surface area contributed by atoms with Crippen molar-refractivity contribution in [1.29, 1.82) is 0 Å². The van der Waals surface area contributed by atoms with Gasteiger partial charge in [0, 0.05) is 38.2 Å². The number of aryl methyl sites for hydroxylation is 1. The number of anilines is 1. The molecule has 0 unspecified atom stereocenters. The van der Waals surface area contributed by atoms with Crippen LogP contribution in [0.25, 0.3) is 0 Å². The van der Waals surface area contributed by atoms with Gasteiger partial charge in [-0.1, -0.05) is 42.0 Å². The topological polar surface area (TPSA) is 57.6 Å². The summed E-state index contributed by atoms with van der Waals surface area (Å²) in [6.45, 7) is 4.91. The molecule has 1 amide bonds. The molecule has 3 aromatic rings. The number of para-hydroxylation sites is 1. The lowest BCUT2D eigenvalue weighted by Gasteiger charge is -2.36. The van der Waals surface area contributed by atoms with Crippen molar-refractivity contribution in [3.05, 3.63) is 89.2 Å². The summed E-state index contributed by atoms with van der Waals surface area (Å²) in [7, 11) is 3.25. The summed E-state index contributed by atoms with van der Waals surface area (Å²) in [6, 6.07) is 20.3. The molecular weight excluding hydrogens is 483 g/mol. The number of hydrazone groups is 1. The fraction of sp³-hybridized carbons (Fsp3) is 0.333. The Bertz CT molecular complexity index is 1320. The van der Waals surface area contributed by atoms with Crippen molar-refractivity contribution in [2.24, 2.45) is 5.10 Å². The van der Waals surface area contributed by atoms with Gasteiger partial charge < -0.3 is 14.4 Å². The molecular formula is C30H33FN4O3. The van der Waals surface area contributed by atoms with Crippen LogP contribution in [0.4, 0.5) is 10.1 Å². The first-order chi connectivity index (χ1) is 18.5. The fourth-order valence-corrected chi connectivity index (χ4v) is 5.12. The van der Waals surface area contributed by atoms with E-state index in [4.69, 9.17) is 14.6 Å². The van der Waals surface area contributed by atoms with E-state index in [1.165, 1.54) is 11.6 Å². The lowest BCUT2D eigenvalue weighted by Crippen LogP contribution is -2.49. The first-order valence-electron chi connectivity index (χ1n) is 12.9. The maximum Gasteiger partial charge on any atom is 0.257 e. The SMILES string of the molecule is COc1ccc(OC)c([C@@H]2CC(c3ccc(C)cc3)=NN2C(=O)CN2CCN(c3ccccc3F)CC2)c1. The molecule has 0 aromatic heterocycles. The second kappa shape index (κ2) is 11.2. The average Bonchev–Trinajstić information content (AvgIpc) is 3.39. The van der Waals surface area contributed by atoms with Crippen LogP contribution in [0.5, 0.6) is 11.5 Å². The van der Waals surface area contributed by atoms with Gasteiger partial charge >= 0.3 is 0 Å². The lowest BCUT2D eigenvalue weighted by atomic mass is 9.97. The number of amides is 1. The molecule has 0 N–H and O–H groups in total. The highest BCUT2D eigenvalue weighted by atomic mass is 19.1. The molecule has 2 aliphatic heterocycles. The third-order valence-corrected chi connectivity index (χ3v) is 7.27. The highest BCUT2D eigenvalue weighted by Crippen LogP contribution is 2.39. The zero-order valence-electron chi connectivity index (χ0n) is 22.1. The minimum Gasteiger partial charge on any atom is -0.497 e. The smallest absolute Gasteiger partial charge is 0.257 e. The molecule has 198 valence electrons. The summed E-state index contributed by atoms with van der Waals surface area (Å²) < 4.78 is 25.4. The number of benzene rings is 3. The third-order valence-electron chi connectivity index (χ3n) is 7.27. The summed E-state index contributed by atoms with van der Waals surface area (Å²) >= 11 is 0. The Morgan fingerprint density at radius 2 is 1.71 bits per heavy atom. The van der Waals surface area contributed by atoms with Crippen molar-refractivity contribution < 1.29 is 18.7 Å². The van der Waals surface area contributed by atoms with Gasteiger partial charge in [0.1, 0.15) is 17.3 Å². The maximum atomic E-state index is 14.3. The zero-order chi connectivity index (χ0) is 26.6. The molecule has 1 fully saturated rings. The largest absolute Gasteiger partial charge is 0.497 e. The average molecular weight is 517 g/mol. The van der Waals surface area contributed by atoms with Crippen LogP contribution in [0.3, 0.4) is 0 Å². The Morgan fingerprint density at radius 3 is 2.39 bits per heavy atom. The molecule has 3 aromatic carbocycles. The maximum absolute atomic E-state index is 14.3. The highest BCUT2D eigenvalue weighted by molar-refractivity contribution is 6.03. The van der Waals surface area contributed by atoms with E-state index in [2.05, 4.69) is 17.0 Å². The van der Waals surface area contributed by atoms with Crippen molar-refractivity contribution in [1.82, 2.24) is 9.91 Å². The standard InChI is InChI=1S/C30H33FN4O3/c1-21-8-10-22(11-9-21)26-19-28(24-18-23(37-2)12-13-29(24)38-3)35(32-26)30(36)20-33-14-16-34(17-15-33)27-7-5-4-6-25(27)31/h4-13,18,28H,14-17,19-20H2,1-3H3/t28-/m0/s1. The normalized spacial score (nSPS) is 17.9. The van der Waals surface area contributed by atoms with E-state index in [0.29, 0.717) is 49.8 Å². The van der Waals surface area contributed by atoms with Crippen LogP contribution >= 0.6 is 0 Å². The second-order valence-electron chi connectivity index (χ2n) is 9.69. The Morgan fingerprint density at radius 1 is 0.974 bits per heavy atom. The molecule has 1 saturated heterocycles. The first kappa shape index (κ1) is 25.7. The van der Waals surface area contributed by atoms with Gasteiger partial charge in [-0.15, -0.1) is 0 Å².